The third-order valence-electron chi connectivity index (χ3n) is 5.73. The molecule has 3 aromatic heterocycles. The first-order valence-electron chi connectivity index (χ1n) is 12.6. The van der Waals surface area contributed by atoms with Crippen molar-refractivity contribution in [2.45, 2.75) is 34.5 Å². The molecule has 5 rings (SSSR count). The molecule has 5 aromatic rings. The van der Waals surface area contributed by atoms with Crippen molar-refractivity contribution in [3.8, 4) is 11.3 Å². The van der Waals surface area contributed by atoms with E-state index in [2.05, 4.69) is 4.98 Å². The summed E-state index contributed by atoms with van der Waals surface area (Å²) in [5.74, 6) is 0. The summed E-state index contributed by atoms with van der Waals surface area (Å²) in [6.45, 7) is 0.915. The molecule has 3 heterocycles. The highest BCUT2D eigenvalue weighted by atomic mass is 16.3. The Morgan fingerprint density at radius 1 is 0.897 bits per heavy atom. The van der Waals surface area contributed by atoms with Gasteiger partial charge >= 0.3 is 0 Å². The highest BCUT2D eigenvalue weighted by Gasteiger charge is 2.24. The summed E-state index contributed by atoms with van der Waals surface area (Å²) >= 11 is 0. The molecule has 0 aliphatic carbocycles. The van der Waals surface area contributed by atoms with Crippen LogP contribution >= 0.6 is 0 Å². The maximum atomic E-state index is 8.27. The Bertz CT molecular complexity index is 1660. The lowest BCUT2D eigenvalue weighted by molar-refractivity contribution is -0.660. The van der Waals surface area contributed by atoms with E-state index >= 15 is 0 Å². The normalized spacial score (nSPS) is 15.7. The molecule has 0 radical (unpaired) electrons. The minimum Gasteiger partial charge on any atom is -0.437 e. The number of benzene rings is 2. The standard InChI is InChI=1S/C26H25N2O/c1-14-12-21(28(6)13-17(14)4)22-15(2)11-16(3)23-24-20-10-8-7-9-19(20)18(5)27-26(24)29-25(22)23/h7-13H,1-6H3/q+1/i3D3,4D3. The maximum Gasteiger partial charge on any atom is 0.228 e. The molecule has 0 fully saturated rings. The summed E-state index contributed by atoms with van der Waals surface area (Å²) in [5, 5.41) is 3.01. The number of aromatic nitrogens is 2. The van der Waals surface area contributed by atoms with Crippen molar-refractivity contribution in [2.75, 3.05) is 0 Å². The topological polar surface area (TPSA) is 29.9 Å². The molecule has 0 spiro atoms. The van der Waals surface area contributed by atoms with Gasteiger partial charge in [0.1, 0.15) is 7.05 Å². The van der Waals surface area contributed by atoms with Crippen LogP contribution in [0.1, 0.15) is 36.2 Å². The first-order valence-corrected chi connectivity index (χ1v) is 9.56. The molecule has 3 nitrogen and oxygen atoms in total. The predicted octanol–water partition coefficient (Wildman–Crippen LogP) is 6.17. The Hall–Kier alpha value is -3.20. The molecule has 0 aliphatic heterocycles. The van der Waals surface area contributed by atoms with Crippen LogP contribution in [-0.2, 0) is 7.05 Å². The van der Waals surface area contributed by atoms with Gasteiger partial charge in [-0.05, 0) is 56.6 Å². The minimum absolute atomic E-state index is 0.210. The van der Waals surface area contributed by atoms with Gasteiger partial charge in [0, 0.05) is 36.3 Å². The highest BCUT2D eigenvalue weighted by Crippen LogP contribution is 2.41. The second-order valence-corrected chi connectivity index (χ2v) is 7.71. The third kappa shape index (κ3) is 2.50. The van der Waals surface area contributed by atoms with Gasteiger partial charge in [-0.2, -0.15) is 0 Å². The van der Waals surface area contributed by atoms with E-state index in [0.29, 0.717) is 27.6 Å². The van der Waals surface area contributed by atoms with Crippen LogP contribution in [0.4, 0.5) is 0 Å². The van der Waals surface area contributed by atoms with Gasteiger partial charge in [0.05, 0.1) is 10.9 Å². The molecule has 0 bridgehead atoms. The lowest BCUT2D eigenvalue weighted by atomic mass is 9.95. The summed E-state index contributed by atoms with van der Waals surface area (Å²) in [6.07, 6.45) is 1.61. The number of fused-ring (bicyclic) bond motifs is 5. The Kier molecular flexibility index (Phi) is 2.62. The van der Waals surface area contributed by atoms with Crippen molar-refractivity contribution in [3.63, 3.8) is 0 Å². The Labute approximate surface area is 179 Å². The zero-order valence-electron chi connectivity index (χ0n) is 22.8. The second kappa shape index (κ2) is 6.15. The van der Waals surface area contributed by atoms with Crippen LogP contribution in [0.25, 0.3) is 44.1 Å². The van der Waals surface area contributed by atoms with Gasteiger partial charge in [-0.3, -0.25) is 0 Å². The van der Waals surface area contributed by atoms with E-state index < -0.39 is 13.7 Å². The lowest BCUT2D eigenvalue weighted by Crippen LogP contribution is -2.31. The first kappa shape index (κ1) is 12.4. The molecule has 0 atom stereocenters. The summed E-state index contributed by atoms with van der Waals surface area (Å²) in [7, 11) is 1.79. The van der Waals surface area contributed by atoms with Gasteiger partial charge < -0.3 is 4.42 Å². The maximum absolute atomic E-state index is 8.27. The van der Waals surface area contributed by atoms with E-state index in [4.69, 9.17) is 12.6 Å². The molecule has 0 aliphatic rings. The second-order valence-electron chi connectivity index (χ2n) is 7.71. The Morgan fingerprint density at radius 2 is 1.66 bits per heavy atom. The molecular formula is C26H25N2O+. The first-order chi connectivity index (χ1) is 16.3. The quantitative estimate of drug-likeness (QED) is 0.322. The summed E-state index contributed by atoms with van der Waals surface area (Å²) < 4.78 is 56.5. The number of aryl methyl sites for hydroxylation is 6. The van der Waals surface area contributed by atoms with Gasteiger partial charge in [0.2, 0.25) is 11.4 Å². The molecule has 29 heavy (non-hydrogen) atoms. The van der Waals surface area contributed by atoms with Crippen LogP contribution < -0.4 is 4.57 Å². The fourth-order valence-corrected chi connectivity index (χ4v) is 4.27. The SMILES string of the molecule is [2H]C([2H])([2H])c1c[n+](C)c(-c2c(C)cc(C([2H])([2H])[2H])c3c2oc2nc(C)c4ccccc4c23)cc1C. The predicted molar refractivity (Wildman–Crippen MR) is 119 cm³/mol. The summed E-state index contributed by atoms with van der Waals surface area (Å²) in [5.41, 5.74) is 4.89. The zero-order chi connectivity index (χ0) is 25.4. The third-order valence-corrected chi connectivity index (χ3v) is 5.73. The number of rotatable bonds is 1. The molecule has 2 aromatic carbocycles. The smallest absolute Gasteiger partial charge is 0.228 e. The fraction of sp³-hybridized carbons (Fsp3) is 0.231. The van der Waals surface area contributed by atoms with E-state index in [1.165, 1.54) is 0 Å². The van der Waals surface area contributed by atoms with Gasteiger partial charge in [-0.1, -0.05) is 30.3 Å². The van der Waals surface area contributed by atoms with Crippen molar-refractivity contribution < 1.29 is 17.2 Å². The van der Waals surface area contributed by atoms with Crippen molar-refractivity contribution in [1.82, 2.24) is 4.98 Å². The summed E-state index contributed by atoms with van der Waals surface area (Å²) in [6, 6.07) is 11.3. The van der Waals surface area contributed by atoms with Gasteiger partial charge in [-0.15, -0.1) is 0 Å². The van der Waals surface area contributed by atoms with Crippen molar-refractivity contribution in [2.24, 2.45) is 7.05 Å². The van der Waals surface area contributed by atoms with Crippen LogP contribution in [-0.4, -0.2) is 4.98 Å². The van der Waals surface area contributed by atoms with Crippen LogP contribution in [0.15, 0.2) is 47.0 Å². The molecular weight excluding hydrogens is 356 g/mol. The fourth-order valence-electron chi connectivity index (χ4n) is 4.27. The van der Waals surface area contributed by atoms with Gasteiger partial charge in [0.25, 0.3) is 0 Å². The largest absolute Gasteiger partial charge is 0.437 e. The van der Waals surface area contributed by atoms with Crippen LogP contribution in [0.2, 0.25) is 0 Å². The summed E-state index contributed by atoms with van der Waals surface area (Å²) in [4.78, 5) is 4.68. The van der Waals surface area contributed by atoms with Gasteiger partial charge in [0.15, 0.2) is 11.8 Å². The molecule has 0 amide bonds. The van der Waals surface area contributed by atoms with Gasteiger partial charge in [-0.25, -0.2) is 9.55 Å². The number of furan rings is 1. The van der Waals surface area contributed by atoms with E-state index in [1.807, 2.05) is 44.2 Å². The highest BCUT2D eigenvalue weighted by molar-refractivity contribution is 6.21. The number of hydrogen-bond donors (Lipinski definition) is 0. The Morgan fingerprint density at radius 3 is 2.41 bits per heavy atom. The van der Waals surface area contributed by atoms with Crippen molar-refractivity contribution >= 4 is 32.8 Å². The van der Waals surface area contributed by atoms with Crippen LogP contribution in [0, 0.1) is 34.5 Å². The average molecular weight is 388 g/mol. The number of pyridine rings is 2. The van der Waals surface area contributed by atoms with E-state index in [9.17, 15) is 0 Å². The van der Waals surface area contributed by atoms with Crippen molar-refractivity contribution in [1.29, 1.82) is 0 Å². The number of nitrogens with zero attached hydrogens (tertiary/aromatic N) is 2. The van der Waals surface area contributed by atoms with E-state index in [0.717, 1.165) is 33.3 Å². The molecule has 0 unspecified atom stereocenters. The van der Waals surface area contributed by atoms with E-state index in [1.54, 1.807) is 30.8 Å². The molecule has 144 valence electrons. The molecule has 3 heteroatoms. The minimum atomic E-state index is -2.37. The Balaban J connectivity index is 1.99. The molecule has 0 saturated carbocycles. The van der Waals surface area contributed by atoms with Crippen molar-refractivity contribution in [3.05, 3.63) is 70.5 Å². The number of hydrogen-bond acceptors (Lipinski definition) is 2. The van der Waals surface area contributed by atoms with Crippen LogP contribution in [0.3, 0.4) is 0 Å². The molecule has 0 saturated heterocycles. The monoisotopic (exact) mass is 387 g/mol. The average Bonchev–Trinajstić information content (AvgIpc) is 3.12. The van der Waals surface area contributed by atoms with Crippen LogP contribution in [0.5, 0.6) is 0 Å². The zero-order valence-corrected chi connectivity index (χ0v) is 16.8. The molecule has 0 N–H and O–H groups in total. The lowest BCUT2D eigenvalue weighted by Gasteiger charge is -2.09. The van der Waals surface area contributed by atoms with E-state index in [-0.39, 0.29) is 11.1 Å².